The van der Waals surface area contributed by atoms with E-state index in [1.807, 2.05) is 11.4 Å². The molecule has 2 aromatic rings. The first-order chi connectivity index (χ1) is 11.2. The van der Waals surface area contributed by atoms with E-state index in [1.54, 1.807) is 19.2 Å². The number of amides is 1. The van der Waals surface area contributed by atoms with E-state index in [2.05, 4.69) is 15.6 Å². The van der Waals surface area contributed by atoms with Crippen molar-refractivity contribution in [2.75, 3.05) is 32.2 Å². The second-order valence-electron chi connectivity index (χ2n) is 4.96. The van der Waals surface area contributed by atoms with Crippen LogP contribution in [0.5, 0.6) is 5.75 Å². The van der Waals surface area contributed by atoms with Gasteiger partial charge in [0.25, 0.3) is 0 Å². The molecule has 130 valence electrons. The van der Waals surface area contributed by atoms with E-state index in [4.69, 9.17) is 21.1 Å². The van der Waals surface area contributed by atoms with Crippen LogP contribution in [0.4, 0.5) is 5.13 Å². The highest BCUT2D eigenvalue weighted by Crippen LogP contribution is 2.31. The number of ether oxygens (including phenoxy) is 2. The Morgan fingerprint density at radius 2 is 2.38 bits per heavy atom. The number of methoxy groups -OCH3 is 1. The number of rotatable bonds is 4. The summed E-state index contributed by atoms with van der Waals surface area (Å²) < 4.78 is 10.4. The minimum Gasteiger partial charge on any atom is -0.495 e. The molecule has 9 heteroatoms. The third-order valence-corrected chi connectivity index (χ3v) is 4.47. The Balaban J connectivity index is 0.00000208. The number of halogens is 2. The number of nitrogens with one attached hydrogen (secondary N) is 2. The van der Waals surface area contributed by atoms with Crippen LogP contribution in [0.1, 0.15) is 0 Å². The van der Waals surface area contributed by atoms with Gasteiger partial charge in [0.1, 0.15) is 11.8 Å². The third kappa shape index (κ3) is 4.37. The number of morpholine rings is 1. The lowest BCUT2D eigenvalue weighted by molar-refractivity contribution is -0.120. The predicted molar refractivity (Wildman–Crippen MR) is 97.6 cm³/mol. The highest BCUT2D eigenvalue weighted by atomic mass is 35.5. The van der Waals surface area contributed by atoms with Gasteiger partial charge in [-0.1, -0.05) is 11.6 Å². The molecule has 1 fully saturated rings. The van der Waals surface area contributed by atoms with Gasteiger partial charge in [0, 0.05) is 17.5 Å². The van der Waals surface area contributed by atoms with Crippen molar-refractivity contribution in [2.45, 2.75) is 6.04 Å². The van der Waals surface area contributed by atoms with Crippen molar-refractivity contribution < 1.29 is 14.3 Å². The zero-order valence-corrected chi connectivity index (χ0v) is 15.3. The number of thiazole rings is 1. The standard InChI is InChI=1S/C15H16ClN3O3S.ClH/c1-21-13-3-2-9(6-10(13)16)12-8-23-15(18-12)19-14(20)11-7-22-5-4-17-11;/h2-3,6,8,11,17H,4-5,7H2,1H3,(H,18,19,20);1H. The molecule has 1 amide bonds. The van der Waals surface area contributed by atoms with Gasteiger partial charge in [0.2, 0.25) is 5.91 Å². The van der Waals surface area contributed by atoms with Crippen LogP contribution in [-0.4, -0.2) is 43.8 Å². The van der Waals surface area contributed by atoms with Crippen molar-refractivity contribution in [3.8, 4) is 17.0 Å². The van der Waals surface area contributed by atoms with Crippen LogP contribution < -0.4 is 15.4 Å². The van der Waals surface area contributed by atoms with Crippen molar-refractivity contribution in [1.82, 2.24) is 10.3 Å². The normalized spacial score (nSPS) is 17.0. The van der Waals surface area contributed by atoms with Crippen molar-refractivity contribution in [2.24, 2.45) is 0 Å². The van der Waals surface area contributed by atoms with Crippen LogP contribution in [0.3, 0.4) is 0 Å². The van der Waals surface area contributed by atoms with E-state index < -0.39 is 0 Å². The van der Waals surface area contributed by atoms with Gasteiger partial charge in [-0.05, 0) is 18.2 Å². The second-order valence-corrected chi connectivity index (χ2v) is 6.22. The first-order valence-electron chi connectivity index (χ1n) is 7.09. The number of benzene rings is 1. The predicted octanol–water partition coefficient (Wildman–Crippen LogP) is 2.82. The van der Waals surface area contributed by atoms with Gasteiger partial charge in [-0.15, -0.1) is 23.7 Å². The molecule has 1 saturated heterocycles. The molecule has 0 aliphatic carbocycles. The molecule has 0 spiro atoms. The average Bonchev–Trinajstić information content (AvgIpc) is 3.04. The largest absolute Gasteiger partial charge is 0.495 e. The Hall–Kier alpha value is -1.38. The maximum absolute atomic E-state index is 12.1. The lowest BCUT2D eigenvalue weighted by Crippen LogP contribution is -2.48. The van der Waals surface area contributed by atoms with Crippen LogP contribution >= 0.6 is 35.3 Å². The molecule has 1 aliphatic heterocycles. The highest BCUT2D eigenvalue weighted by molar-refractivity contribution is 7.14. The lowest BCUT2D eigenvalue weighted by atomic mass is 10.2. The number of aromatic nitrogens is 1. The summed E-state index contributed by atoms with van der Waals surface area (Å²) in [5, 5.41) is 8.85. The maximum atomic E-state index is 12.1. The molecule has 1 atom stereocenters. The quantitative estimate of drug-likeness (QED) is 0.840. The minimum atomic E-state index is -0.341. The van der Waals surface area contributed by atoms with Crippen molar-refractivity contribution in [1.29, 1.82) is 0 Å². The molecule has 24 heavy (non-hydrogen) atoms. The first-order valence-corrected chi connectivity index (χ1v) is 8.34. The lowest BCUT2D eigenvalue weighted by Gasteiger charge is -2.22. The molecule has 0 bridgehead atoms. The van der Waals surface area contributed by atoms with Gasteiger partial charge < -0.3 is 20.1 Å². The zero-order chi connectivity index (χ0) is 16.2. The Morgan fingerprint density at radius 1 is 1.54 bits per heavy atom. The van der Waals surface area contributed by atoms with Crippen molar-refractivity contribution in [3.63, 3.8) is 0 Å². The third-order valence-electron chi connectivity index (χ3n) is 3.42. The van der Waals surface area contributed by atoms with Gasteiger partial charge in [0.15, 0.2) is 5.13 Å². The van der Waals surface area contributed by atoms with E-state index in [0.29, 0.717) is 35.7 Å². The maximum Gasteiger partial charge on any atom is 0.245 e. The summed E-state index contributed by atoms with van der Waals surface area (Å²) in [6.45, 7) is 1.67. The number of anilines is 1. The van der Waals surface area contributed by atoms with E-state index in [1.165, 1.54) is 11.3 Å². The summed E-state index contributed by atoms with van der Waals surface area (Å²) in [4.78, 5) is 16.6. The van der Waals surface area contributed by atoms with Crippen LogP contribution in [0.25, 0.3) is 11.3 Å². The number of hydrogen-bond acceptors (Lipinski definition) is 6. The number of hydrogen-bond donors (Lipinski definition) is 2. The van der Waals surface area contributed by atoms with Crippen molar-refractivity contribution in [3.05, 3.63) is 28.6 Å². The van der Waals surface area contributed by atoms with Crippen LogP contribution in [-0.2, 0) is 9.53 Å². The molecule has 1 aliphatic rings. The Kier molecular flexibility index (Phi) is 6.82. The van der Waals surface area contributed by atoms with Crippen molar-refractivity contribution >= 4 is 46.4 Å². The smallest absolute Gasteiger partial charge is 0.245 e. The average molecular weight is 390 g/mol. The van der Waals surface area contributed by atoms with Gasteiger partial charge in [-0.3, -0.25) is 4.79 Å². The summed E-state index contributed by atoms with van der Waals surface area (Å²) in [5.74, 6) is 0.473. The van der Waals surface area contributed by atoms with E-state index in [9.17, 15) is 4.79 Å². The topological polar surface area (TPSA) is 72.5 Å². The summed E-state index contributed by atoms with van der Waals surface area (Å²) >= 11 is 7.50. The molecule has 1 aromatic carbocycles. The monoisotopic (exact) mass is 389 g/mol. The number of carbonyl (C=O) groups excluding carboxylic acids is 1. The molecule has 6 nitrogen and oxygen atoms in total. The summed E-state index contributed by atoms with van der Waals surface area (Å²) in [6.07, 6.45) is 0. The Bertz CT molecular complexity index is 705. The molecule has 3 rings (SSSR count). The first kappa shape index (κ1) is 19.0. The molecule has 0 saturated carbocycles. The fourth-order valence-corrected chi connectivity index (χ4v) is 3.20. The van der Waals surface area contributed by atoms with E-state index in [0.717, 1.165) is 11.3 Å². The molecular weight excluding hydrogens is 373 g/mol. The van der Waals surface area contributed by atoms with E-state index >= 15 is 0 Å². The molecule has 1 aromatic heterocycles. The molecule has 0 radical (unpaired) electrons. The van der Waals surface area contributed by atoms with E-state index in [-0.39, 0.29) is 24.4 Å². The molecule has 1 unspecified atom stereocenters. The highest BCUT2D eigenvalue weighted by Gasteiger charge is 2.22. The summed E-state index contributed by atoms with van der Waals surface area (Å²) in [7, 11) is 1.57. The zero-order valence-electron chi connectivity index (χ0n) is 12.9. The molecular formula is C15H17Cl2N3O3S. The van der Waals surface area contributed by atoms with Gasteiger partial charge in [-0.25, -0.2) is 4.98 Å². The molecule has 2 N–H and O–H groups in total. The number of nitrogens with zero attached hydrogens (tertiary/aromatic N) is 1. The van der Waals surface area contributed by atoms with Gasteiger partial charge >= 0.3 is 0 Å². The minimum absolute atomic E-state index is 0. The summed E-state index contributed by atoms with van der Waals surface area (Å²) in [6, 6.07) is 5.12. The Morgan fingerprint density at radius 3 is 3.04 bits per heavy atom. The fraction of sp³-hybridized carbons (Fsp3) is 0.333. The van der Waals surface area contributed by atoms with Crippen LogP contribution in [0.2, 0.25) is 5.02 Å². The molecule has 2 heterocycles. The fourth-order valence-electron chi connectivity index (χ4n) is 2.22. The Labute approximate surface area is 154 Å². The van der Waals surface area contributed by atoms with Gasteiger partial charge in [-0.2, -0.15) is 0 Å². The van der Waals surface area contributed by atoms with Gasteiger partial charge in [0.05, 0.1) is 31.0 Å². The van der Waals surface area contributed by atoms with Crippen LogP contribution in [0, 0.1) is 0 Å². The van der Waals surface area contributed by atoms with Crippen LogP contribution in [0.15, 0.2) is 23.6 Å². The second kappa shape index (κ2) is 8.64. The SMILES string of the molecule is COc1ccc(-c2csc(NC(=O)C3COCCN3)n2)cc1Cl.Cl. The summed E-state index contributed by atoms with van der Waals surface area (Å²) in [5.41, 5.74) is 1.62. The number of carbonyl (C=O) groups is 1.